The van der Waals surface area contributed by atoms with Crippen molar-refractivity contribution in [1.82, 2.24) is 20.9 Å². The molecule has 3 aliphatic heterocycles. The van der Waals surface area contributed by atoms with Crippen LogP contribution in [-0.4, -0.2) is 89.6 Å². The number of nitrogens with zero attached hydrogens (tertiary/aromatic N) is 2. The second kappa shape index (κ2) is 15.0. The molecule has 3 heterocycles. The third-order valence-electron chi connectivity index (χ3n) is 10.8. The van der Waals surface area contributed by atoms with E-state index in [-0.39, 0.29) is 43.2 Å². The SMILES string of the molecule is CC(C)(C)[C@H](NC(=O)CC1CCOCC1)C(=O)N1C[C@@]2(CC(c3cccc(Cl)c3)=NO2)C[C@H]1C(=O)N[C@@H](CC1CCC1)C(=O)C(=O)NC1CC1. The molecule has 4 atom stereocenters. The van der Waals surface area contributed by atoms with E-state index in [1.54, 1.807) is 12.1 Å². The van der Waals surface area contributed by atoms with E-state index in [2.05, 4.69) is 21.1 Å². The quantitative estimate of drug-likeness (QED) is 0.280. The summed E-state index contributed by atoms with van der Waals surface area (Å²) in [6.45, 7) is 6.90. The molecule has 6 rings (SSSR count). The van der Waals surface area contributed by atoms with E-state index in [0.29, 0.717) is 36.8 Å². The number of Topliss-reactive ketones (excluding diaryl/α,β-unsaturated/α-hetero) is 1. The number of nitrogens with one attached hydrogen (secondary N) is 3. The zero-order valence-electron chi connectivity index (χ0n) is 29.3. The zero-order valence-corrected chi connectivity index (χ0v) is 30.1. The van der Waals surface area contributed by atoms with Crippen molar-refractivity contribution in [1.29, 1.82) is 0 Å². The number of ketones is 1. The molecular formula is C37H50ClN5O7. The molecule has 0 radical (unpaired) electrons. The number of halogens is 1. The van der Waals surface area contributed by atoms with Crippen LogP contribution >= 0.6 is 11.6 Å². The maximum Gasteiger partial charge on any atom is 0.289 e. The molecule has 3 N–H and O–H groups in total. The average molecular weight is 712 g/mol. The molecule has 2 saturated heterocycles. The Hall–Kier alpha value is -3.51. The number of benzene rings is 1. The van der Waals surface area contributed by atoms with Crippen molar-refractivity contribution in [3.8, 4) is 0 Å². The lowest BCUT2D eigenvalue weighted by molar-refractivity contribution is -0.145. The first-order chi connectivity index (χ1) is 23.8. The van der Waals surface area contributed by atoms with Crippen LogP contribution in [-0.2, 0) is 33.5 Å². The summed E-state index contributed by atoms with van der Waals surface area (Å²) < 4.78 is 5.45. The summed E-state index contributed by atoms with van der Waals surface area (Å²) in [7, 11) is 0. The number of rotatable bonds is 12. The van der Waals surface area contributed by atoms with Gasteiger partial charge in [-0.3, -0.25) is 24.0 Å². The first-order valence-electron chi connectivity index (χ1n) is 18.1. The van der Waals surface area contributed by atoms with E-state index < -0.39 is 52.6 Å². The number of carbonyl (C=O) groups is 5. The Morgan fingerprint density at radius 1 is 1.02 bits per heavy atom. The first kappa shape index (κ1) is 36.3. The third-order valence-corrected chi connectivity index (χ3v) is 11.0. The Morgan fingerprint density at radius 2 is 1.76 bits per heavy atom. The largest absolute Gasteiger partial charge is 0.387 e. The van der Waals surface area contributed by atoms with Crippen molar-refractivity contribution in [3.63, 3.8) is 0 Å². The van der Waals surface area contributed by atoms with Gasteiger partial charge in [-0.25, -0.2) is 0 Å². The summed E-state index contributed by atoms with van der Waals surface area (Å²) in [5.41, 5.74) is -0.281. The summed E-state index contributed by atoms with van der Waals surface area (Å²) in [4.78, 5) is 76.2. The van der Waals surface area contributed by atoms with Gasteiger partial charge in [0.25, 0.3) is 5.91 Å². The van der Waals surface area contributed by atoms with Gasteiger partial charge in [-0.1, -0.05) is 68.9 Å². The van der Waals surface area contributed by atoms with Crippen LogP contribution in [0.4, 0.5) is 0 Å². The molecule has 0 bridgehead atoms. The van der Waals surface area contributed by atoms with E-state index in [4.69, 9.17) is 21.2 Å². The number of likely N-dealkylation sites (tertiary alicyclic amines) is 1. The summed E-state index contributed by atoms with van der Waals surface area (Å²) in [5, 5.41) is 13.6. The first-order valence-corrected chi connectivity index (χ1v) is 18.5. The van der Waals surface area contributed by atoms with Gasteiger partial charge in [0, 0.05) is 49.1 Å². The van der Waals surface area contributed by atoms with Crippen molar-refractivity contribution in [3.05, 3.63) is 34.9 Å². The highest BCUT2D eigenvalue weighted by molar-refractivity contribution is 6.38. The molecule has 1 aromatic rings. The van der Waals surface area contributed by atoms with Crippen molar-refractivity contribution < 1.29 is 33.5 Å². The molecule has 2 aliphatic carbocycles. The second-order valence-electron chi connectivity index (χ2n) is 16.0. The summed E-state index contributed by atoms with van der Waals surface area (Å²) in [6.07, 6.45) is 7.22. The lowest BCUT2D eigenvalue weighted by Crippen LogP contribution is -2.59. The smallest absolute Gasteiger partial charge is 0.289 e. The fourth-order valence-electron chi connectivity index (χ4n) is 7.40. The van der Waals surface area contributed by atoms with Gasteiger partial charge in [0.05, 0.1) is 18.3 Å². The van der Waals surface area contributed by atoms with Gasteiger partial charge in [-0.15, -0.1) is 0 Å². The number of hydrogen-bond acceptors (Lipinski definition) is 8. The lowest BCUT2D eigenvalue weighted by atomic mass is 9.80. The van der Waals surface area contributed by atoms with Gasteiger partial charge in [-0.2, -0.15) is 0 Å². The monoisotopic (exact) mass is 711 g/mol. The van der Waals surface area contributed by atoms with Crippen LogP contribution in [0, 0.1) is 17.3 Å². The van der Waals surface area contributed by atoms with Crippen LogP contribution in [0.3, 0.4) is 0 Å². The van der Waals surface area contributed by atoms with Crippen molar-refractivity contribution in [2.75, 3.05) is 19.8 Å². The van der Waals surface area contributed by atoms with E-state index in [0.717, 1.165) is 50.5 Å². The predicted molar refractivity (Wildman–Crippen MR) is 186 cm³/mol. The fraction of sp³-hybridized carbons (Fsp3) is 0.676. The van der Waals surface area contributed by atoms with E-state index in [9.17, 15) is 24.0 Å². The molecule has 1 aromatic carbocycles. The highest BCUT2D eigenvalue weighted by Gasteiger charge is 2.56. The van der Waals surface area contributed by atoms with Crippen molar-refractivity contribution in [2.45, 2.75) is 121 Å². The second-order valence-corrected chi connectivity index (χ2v) is 16.5. The van der Waals surface area contributed by atoms with E-state index in [1.165, 1.54) is 4.90 Å². The third kappa shape index (κ3) is 8.67. The van der Waals surface area contributed by atoms with Gasteiger partial charge >= 0.3 is 0 Å². The van der Waals surface area contributed by atoms with Crippen molar-refractivity contribution >= 4 is 46.7 Å². The van der Waals surface area contributed by atoms with Crippen LogP contribution in [0.5, 0.6) is 0 Å². The number of carbonyl (C=O) groups excluding carboxylic acids is 5. The highest BCUT2D eigenvalue weighted by atomic mass is 35.5. The lowest BCUT2D eigenvalue weighted by Gasteiger charge is -2.36. The van der Waals surface area contributed by atoms with E-state index >= 15 is 0 Å². The maximum absolute atomic E-state index is 14.6. The molecule has 0 aromatic heterocycles. The molecule has 1 spiro atoms. The van der Waals surface area contributed by atoms with Crippen LogP contribution in [0.1, 0.15) is 97.0 Å². The summed E-state index contributed by atoms with van der Waals surface area (Å²) >= 11 is 6.26. The zero-order chi connectivity index (χ0) is 35.6. The van der Waals surface area contributed by atoms with E-state index in [1.807, 2.05) is 32.9 Å². The molecule has 2 saturated carbocycles. The normalized spacial score (nSPS) is 25.2. The molecule has 272 valence electrons. The molecular weight excluding hydrogens is 662 g/mol. The Balaban J connectivity index is 1.24. The number of oxime groups is 1. The van der Waals surface area contributed by atoms with Crippen LogP contribution < -0.4 is 16.0 Å². The van der Waals surface area contributed by atoms with Crippen LogP contribution in [0.25, 0.3) is 0 Å². The van der Waals surface area contributed by atoms with Gasteiger partial charge in [0.2, 0.25) is 23.5 Å². The molecule has 4 fully saturated rings. The summed E-state index contributed by atoms with van der Waals surface area (Å²) in [5.74, 6) is -2.13. The predicted octanol–water partition coefficient (Wildman–Crippen LogP) is 3.67. The Kier molecular flexibility index (Phi) is 10.9. The number of amides is 4. The molecule has 0 unspecified atom stereocenters. The molecule has 13 heteroatoms. The van der Waals surface area contributed by atoms with Crippen LogP contribution in [0.2, 0.25) is 5.02 Å². The van der Waals surface area contributed by atoms with Crippen molar-refractivity contribution in [2.24, 2.45) is 22.4 Å². The van der Waals surface area contributed by atoms with Gasteiger partial charge in [0.1, 0.15) is 12.1 Å². The van der Waals surface area contributed by atoms with Crippen LogP contribution in [0.15, 0.2) is 29.4 Å². The minimum Gasteiger partial charge on any atom is -0.387 e. The average Bonchev–Trinajstić information content (AvgIpc) is 3.65. The number of hydrogen-bond donors (Lipinski definition) is 3. The Labute approximate surface area is 298 Å². The minimum atomic E-state index is -1.03. The Morgan fingerprint density at radius 3 is 2.40 bits per heavy atom. The minimum absolute atomic E-state index is 0.00139. The molecule has 50 heavy (non-hydrogen) atoms. The fourth-order valence-corrected chi connectivity index (χ4v) is 7.59. The van der Waals surface area contributed by atoms with Gasteiger partial charge in [-0.05, 0) is 61.5 Å². The molecule has 5 aliphatic rings. The molecule has 12 nitrogen and oxygen atoms in total. The summed E-state index contributed by atoms with van der Waals surface area (Å²) in [6, 6.07) is 4.27. The topological polar surface area (TPSA) is 156 Å². The molecule has 4 amide bonds. The maximum atomic E-state index is 14.6. The van der Waals surface area contributed by atoms with Gasteiger partial charge in [0.15, 0.2) is 5.60 Å². The highest BCUT2D eigenvalue weighted by Crippen LogP contribution is 2.40. The standard InChI is InChI=1S/C37H50ClN5O7/c1-36(2,3)32(41-30(44)17-23-12-14-49-15-13-23)35(48)43-21-37(19-28(42-50-37)24-8-5-9-25(38)18-24)20-29(43)33(46)40-27(16-22-6-4-7-22)31(45)34(47)39-26-10-11-26/h5,8-9,18,22-23,26-27,29,32H,4,6-7,10-17,19-21H2,1-3H3,(H,39,47)(H,40,46)(H,41,44)/t27-,29-,32+,37+/m0/s1. The number of ether oxygens (including phenoxy) is 1. The van der Waals surface area contributed by atoms with Gasteiger partial charge < -0.3 is 30.4 Å². The Bertz CT molecular complexity index is 1510.